The van der Waals surface area contributed by atoms with Crippen molar-refractivity contribution in [2.24, 2.45) is 0 Å². The maximum atomic E-state index is 12.4. The van der Waals surface area contributed by atoms with Crippen LogP contribution in [0.25, 0.3) is 0 Å². The van der Waals surface area contributed by atoms with Crippen LogP contribution in [-0.2, 0) is 11.3 Å². The molecule has 0 bridgehead atoms. The lowest BCUT2D eigenvalue weighted by Crippen LogP contribution is -2.55. The summed E-state index contributed by atoms with van der Waals surface area (Å²) in [4.78, 5) is 23.1. The van der Waals surface area contributed by atoms with Gasteiger partial charge in [-0.1, -0.05) is 25.8 Å². The number of hydrogen-bond donors (Lipinski definition) is 0. The van der Waals surface area contributed by atoms with E-state index in [1.165, 1.54) is 5.56 Å². The van der Waals surface area contributed by atoms with Crippen LogP contribution in [0.3, 0.4) is 0 Å². The van der Waals surface area contributed by atoms with Gasteiger partial charge in [0.1, 0.15) is 5.82 Å². The van der Waals surface area contributed by atoms with Gasteiger partial charge < -0.3 is 9.80 Å². The van der Waals surface area contributed by atoms with Crippen molar-refractivity contribution in [2.75, 3.05) is 39.1 Å². The third kappa shape index (κ3) is 3.97. The number of rotatable bonds is 6. The number of piperazine rings is 1. The quantitative estimate of drug-likeness (QED) is 0.806. The fourth-order valence-corrected chi connectivity index (χ4v) is 2.86. The Kier molecular flexibility index (Phi) is 5.77. The zero-order valence-corrected chi connectivity index (χ0v) is 14.2. The Hall–Kier alpha value is -1.62. The van der Waals surface area contributed by atoms with E-state index in [9.17, 15) is 4.79 Å². The van der Waals surface area contributed by atoms with Crippen LogP contribution in [0.5, 0.6) is 0 Å². The standard InChI is InChI=1S/C17H28N4O/c1-5-6-7-15-17(22)20(4)10-11-21(15)13-14-8-9-16(18-12-14)19(2)3/h8-9,12,15H,5-7,10-11,13H2,1-4H3/t15-/m1/s1. The van der Waals surface area contributed by atoms with Crippen LogP contribution in [0.2, 0.25) is 0 Å². The van der Waals surface area contributed by atoms with Gasteiger partial charge in [0.25, 0.3) is 0 Å². The molecule has 1 aliphatic rings. The first-order valence-electron chi connectivity index (χ1n) is 8.14. The number of hydrogen-bond acceptors (Lipinski definition) is 4. The number of carbonyl (C=O) groups excluding carboxylic acids is 1. The summed E-state index contributed by atoms with van der Waals surface area (Å²) in [5.74, 6) is 1.22. The van der Waals surface area contributed by atoms with Gasteiger partial charge in [0.2, 0.25) is 5.91 Å². The number of anilines is 1. The minimum absolute atomic E-state index is 0.0206. The highest BCUT2D eigenvalue weighted by Gasteiger charge is 2.32. The monoisotopic (exact) mass is 304 g/mol. The van der Waals surface area contributed by atoms with E-state index in [0.29, 0.717) is 0 Å². The van der Waals surface area contributed by atoms with Gasteiger partial charge in [0, 0.05) is 47.0 Å². The molecule has 1 fully saturated rings. The minimum Gasteiger partial charge on any atom is -0.363 e. The molecule has 1 aromatic heterocycles. The van der Waals surface area contributed by atoms with Crippen molar-refractivity contribution in [1.29, 1.82) is 0 Å². The topological polar surface area (TPSA) is 39.7 Å². The van der Waals surface area contributed by atoms with Gasteiger partial charge in [-0.2, -0.15) is 0 Å². The summed E-state index contributed by atoms with van der Waals surface area (Å²) in [6.45, 7) is 4.72. The zero-order chi connectivity index (χ0) is 16.1. The largest absolute Gasteiger partial charge is 0.363 e. The number of carbonyl (C=O) groups is 1. The first-order chi connectivity index (χ1) is 10.5. The van der Waals surface area contributed by atoms with Crippen LogP contribution in [-0.4, -0.2) is 61.0 Å². The van der Waals surface area contributed by atoms with Gasteiger partial charge >= 0.3 is 0 Å². The Morgan fingerprint density at radius 1 is 1.32 bits per heavy atom. The second kappa shape index (κ2) is 7.58. The van der Waals surface area contributed by atoms with Gasteiger partial charge in [0.05, 0.1) is 6.04 Å². The molecule has 122 valence electrons. The lowest BCUT2D eigenvalue weighted by atomic mass is 10.0. The molecular formula is C17H28N4O. The van der Waals surface area contributed by atoms with E-state index in [1.807, 2.05) is 43.2 Å². The van der Waals surface area contributed by atoms with Crippen LogP contribution in [0.4, 0.5) is 5.82 Å². The maximum Gasteiger partial charge on any atom is 0.239 e. The highest BCUT2D eigenvalue weighted by atomic mass is 16.2. The average Bonchev–Trinajstić information content (AvgIpc) is 2.51. The van der Waals surface area contributed by atoms with E-state index in [4.69, 9.17) is 0 Å². The van der Waals surface area contributed by atoms with Crippen LogP contribution in [0, 0.1) is 0 Å². The molecule has 0 spiro atoms. The van der Waals surface area contributed by atoms with E-state index >= 15 is 0 Å². The van der Waals surface area contributed by atoms with E-state index in [1.54, 1.807) is 0 Å². The summed E-state index contributed by atoms with van der Waals surface area (Å²) < 4.78 is 0. The van der Waals surface area contributed by atoms with Crippen molar-refractivity contribution in [3.05, 3.63) is 23.9 Å². The van der Waals surface area contributed by atoms with Crippen molar-refractivity contribution in [2.45, 2.75) is 38.8 Å². The fourth-order valence-electron chi connectivity index (χ4n) is 2.86. The Bertz CT molecular complexity index is 486. The molecule has 1 saturated heterocycles. The predicted molar refractivity (Wildman–Crippen MR) is 89.9 cm³/mol. The van der Waals surface area contributed by atoms with Gasteiger partial charge in [0.15, 0.2) is 0 Å². The Labute approximate surface area is 133 Å². The number of likely N-dealkylation sites (N-methyl/N-ethyl adjacent to an activating group) is 1. The van der Waals surface area contributed by atoms with E-state index in [-0.39, 0.29) is 11.9 Å². The van der Waals surface area contributed by atoms with Gasteiger partial charge in [-0.05, 0) is 18.1 Å². The molecule has 5 nitrogen and oxygen atoms in total. The van der Waals surface area contributed by atoms with Crippen LogP contribution in [0.1, 0.15) is 31.7 Å². The summed E-state index contributed by atoms with van der Waals surface area (Å²) in [7, 11) is 5.88. The highest BCUT2D eigenvalue weighted by Crippen LogP contribution is 2.19. The first-order valence-corrected chi connectivity index (χ1v) is 8.14. The summed E-state index contributed by atoms with van der Waals surface area (Å²) in [6, 6.07) is 4.17. The van der Waals surface area contributed by atoms with E-state index in [0.717, 1.165) is 44.7 Å². The number of amides is 1. The third-order valence-electron chi connectivity index (χ3n) is 4.31. The molecule has 0 saturated carbocycles. The lowest BCUT2D eigenvalue weighted by Gasteiger charge is -2.39. The SMILES string of the molecule is CCCC[C@@H]1C(=O)N(C)CCN1Cc1ccc(N(C)C)nc1. The van der Waals surface area contributed by atoms with Gasteiger partial charge in [-0.25, -0.2) is 4.98 Å². The van der Waals surface area contributed by atoms with Gasteiger partial charge in [-0.3, -0.25) is 9.69 Å². The molecule has 1 atom stereocenters. The molecule has 1 aliphatic heterocycles. The number of unbranched alkanes of at least 4 members (excludes halogenated alkanes) is 1. The number of aromatic nitrogens is 1. The highest BCUT2D eigenvalue weighted by molar-refractivity contribution is 5.82. The van der Waals surface area contributed by atoms with Crippen LogP contribution < -0.4 is 4.90 Å². The second-order valence-electron chi connectivity index (χ2n) is 6.31. The minimum atomic E-state index is 0.0206. The molecule has 0 unspecified atom stereocenters. The molecule has 2 rings (SSSR count). The van der Waals surface area contributed by atoms with Crippen molar-refractivity contribution in [3.8, 4) is 0 Å². The average molecular weight is 304 g/mol. The summed E-state index contributed by atoms with van der Waals surface area (Å²) in [5, 5.41) is 0. The molecule has 0 aliphatic carbocycles. The van der Waals surface area contributed by atoms with E-state index < -0.39 is 0 Å². The molecule has 2 heterocycles. The predicted octanol–water partition coefficient (Wildman–Crippen LogP) is 1.98. The molecule has 0 N–H and O–H groups in total. The Morgan fingerprint density at radius 3 is 2.68 bits per heavy atom. The fraction of sp³-hybridized carbons (Fsp3) is 0.647. The summed E-state index contributed by atoms with van der Waals surface area (Å²) in [5.41, 5.74) is 1.17. The maximum absolute atomic E-state index is 12.4. The lowest BCUT2D eigenvalue weighted by molar-refractivity contribution is -0.140. The van der Waals surface area contributed by atoms with Crippen molar-refractivity contribution < 1.29 is 4.79 Å². The number of nitrogens with zero attached hydrogens (tertiary/aromatic N) is 4. The molecule has 22 heavy (non-hydrogen) atoms. The zero-order valence-electron chi connectivity index (χ0n) is 14.2. The third-order valence-corrected chi connectivity index (χ3v) is 4.31. The van der Waals surface area contributed by atoms with Crippen molar-refractivity contribution >= 4 is 11.7 Å². The molecule has 1 amide bonds. The number of pyridine rings is 1. The second-order valence-corrected chi connectivity index (χ2v) is 6.31. The summed E-state index contributed by atoms with van der Waals surface area (Å²) >= 11 is 0. The van der Waals surface area contributed by atoms with Crippen molar-refractivity contribution in [3.63, 3.8) is 0 Å². The van der Waals surface area contributed by atoms with Gasteiger partial charge in [-0.15, -0.1) is 0 Å². The van der Waals surface area contributed by atoms with E-state index in [2.05, 4.69) is 22.9 Å². The first kappa shape index (κ1) is 16.7. The molecule has 1 aromatic rings. The molecular weight excluding hydrogens is 276 g/mol. The van der Waals surface area contributed by atoms with Crippen LogP contribution in [0.15, 0.2) is 18.3 Å². The molecule has 0 aromatic carbocycles. The molecule has 5 heteroatoms. The van der Waals surface area contributed by atoms with Crippen LogP contribution >= 0.6 is 0 Å². The Balaban J connectivity index is 2.06. The summed E-state index contributed by atoms with van der Waals surface area (Å²) in [6.07, 6.45) is 5.09. The van der Waals surface area contributed by atoms with Crippen molar-refractivity contribution in [1.82, 2.24) is 14.8 Å². The Morgan fingerprint density at radius 2 is 2.09 bits per heavy atom. The molecule has 0 radical (unpaired) electrons. The normalized spacial score (nSPS) is 19.5. The smallest absolute Gasteiger partial charge is 0.239 e.